The molecule has 10 heavy (non-hydrogen) atoms. The Morgan fingerprint density at radius 1 is 1.20 bits per heavy atom. The molecule has 0 bridgehead atoms. The maximum absolute atomic E-state index is 9.24. The molecule has 0 aromatic heterocycles. The largest absolute Gasteiger partial charge is 0.390 e. The highest BCUT2D eigenvalue weighted by Gasteiger charge is 2.32. The van der Waals surface area contributed by atoms with E-state index in [1.807, 2.05) is 0 Å². The lowest BCUT2D eigenvalue weighted by atomic mass is 9.93. The van der Waals surface area contributed by atoms with E-state index in [0.29, 0.717) is 12.8 Å². The van der Waals surface area contributed by atoms with Crippen molar-refractivity contribution in [1.82, 2.24) is 0 Å². The van der Waals surface area contributed by atoms with Gasteiger partial charge in [0, 0.05) is 6.04 Å². The minimum atomic E-state index is -0.594. The van der Waals surface area contributed by atoms with Gasteiger partial charge in [-0.3, -0.25) is 0 Å². The van der Waals surface area contributed by atoms with Crippen LogP contribution in [0.2, 0.25) is 0 Å². The Balaban J connectivity index is 2.49. The predicted octanol–water partition coefficient (Wildman–Crippen LogP) is 0.683. The summed E-state index contributed by atoms with van der Waals surface area (Å²) >= 11 is 11.5. The van der Waals surface area contributed by atoms with Crippen LogP contribution in [0.3, 0.4) is 0 Å². The van der Waals surface area contributed by atoms with Crippen molar-refractivity contribution in [2.45, 2.75) is 35.7 Å². The normalized spacial score (nSPS) is 49.2. The summed E-state index contributed by atoms with van der Waals surface area (Å²) in [5.41, 5.74) is 5.60. The maximum atomic E-state index is 9.24. The van der Waals surface area contributed by atoms with E-state index in [4.69, 9.17) is 28.9 Å². The summed E-state index contributed by atoms with van der Waals surface area (Å²) in [5.74, 6) is 0. The highest BCUT2D eigenvalue weighted by molar-refractivity contribution is 6.24. The molecule has 0 saturated heterocycles. The second-order valence-electron chi connectivity index (χ2n) is 2.75. The van der Waals surface area contributed by atoms with Crippen LogP contribution in [0, 0.1) is 0 Å². The Morgan fingerprint density at radius 3 is 2.00 bits per heavy atom. The molecule has 1 fully saturated rings. The summed E-state index contributed by atoms with van der Waals surface area (Å²) in [6.07, 6.45) is 0.723. The molecule has 0 spiro atoms. The zero-order valence-electron chi connectivity index (χ0n) is 5.50. The van der Waals surface area contributed by atoms with E-state index in [-0.39, 0.29) is 16.8 Å². The van der Waals surface area contributed by atoms with Crippen LogP contribution in [0.1, 0.15) is 12.8 Å². The van der Waals surface area contributed by atoms with E-state index >= 15 is 0 Å². The second-order valence-corrected chi connectivity index (χ2v) is 3.88. The van der Waals surface area contributed by atoms with Crippen LogP contribution < -0.4 is 5.73 Å². The number of rotatable bonds is 0. The molecule has 60 valence electrons. The van der Waals surface area contributed by atoms with Crippen molar-refractivity contribution < 1.29 is 5.11 Å². The van der Waals surface area contributed by atoms with Crippen LogP contribution in [-0.4, -0.2) is 28.0 Å². The number of hydrogen-bond acceptors (Lipinski definition) is 2. The third-order valence-corrected chi connectivity index (χ3v) is 2.67. The predicted molar refractivity (Wildman–Crippen MR) is 42.5 cm³/mol. The Labute approximate surface area is 70.3 Å². The highest BCUT2D eigenvalue weighted by Crippen LogP contribution is 2.26. The molecule has 0 radical (unpaired) electrons. The van der Waals surface area contributed by atoms with Crippen molar-refractivity contribution in [3.63, 3.8) is 0 Å². The molecule has 2 unspecified atom stereocenters. The van der Waals surface area contributed by atoms with Crippen LogP contribution in [0.25, 0.3) is 0 Å². The molecule has 0 amide bonds. The first-order valence-corrected chi connectivity index (χ1v) is 4.20. The van der Waals surface area contributed by atoms with Crippen LogP contribution in [0.15, 0.2) is 0 Å². The number of halogens is 2. The summed E-state index contributed by atoms with van der Waals surface area (Å²) in [4.78, 5) is 0. The van der Waals surface area contributed by atoms with Gasteiger partial charge in [0.15, 0.2) is 0 Å². The van der Waals surface area contributed by atoms with Crippen molar-refractivity contribution in [3.05, 3.63) is 0 Å². The Bertz CT molecular complexity index is 110. The van der Waals surface area contributed by atoms with Gasteiger partial charge in [-0.05, 0) is 12.8 Å². The summed E-state index contributed by atoms with van der Waals surface area (Å²) in [7, 11) is 0. The fraction of sp³-hybridized carbons (Fsp3) is 1.00. The molecule has 1 aliphatic carbocycles. The highest BCUT2D eigenvalue weighted by atomic mass is 35.5. The molecule has 2 atom stereocenters. The number of aliphatic hydroxyl groups is 1. The third kappa shape index (κ3) is 1.76. The lowest BCUT2D eigenvalue weighted by Gasteiger charge is -2.31. The Hall–Kier alpha value is 0.500. The molecule has 0 aromatic carbocycles. The van der Waals surface area contributed by atoms with Gasteiger partial charge in [-0.15, -0.1) is 23.2 Å². The molecular weight excluding hydrogens is 173 g/mol. The second kappa shape index (κ2) is 3.26. The van der Waals surface area contributed by atoms with Gasteiger partial charge in [0.05, 0.1) is 16.9 Å². The SMILES string of the molecule is NC1CC(Cl)C(O)C(Cl)C1. The molecular formula is C6H11Cl2NO. The van der Waals surface area contributed by atoms with Crippen molar-refractivity contribution in [2.75, 3.05) is 0 Å². The van der Waals surface area contributed by atoms with Crippen molar-refractivity contribution in [3.8, 4) is 0 Å². The van der Waals surface area contributed by atoms with Gasteiger partial charge in [-0.25, -0.2) is 0 Å². The summed E-state index contributed by atoms with van der Waals surface area (Å²) in [6.45, 7) is 0. The minimum Gasteiger partial charge on any atom is -0.390 e. The smallest absolute Gasteiger partial charge is 0.0868 e. The molecule has 0 aliphatic heterocycles. The summed E-state index contributed by atoms with van der Waals surface area (Å²) in [6, 6.07) is 0.0494. The van der Waals surface area contributed by atoms with Gasteiger partial charge in [-0.2, -0.15) is 0 Å². The lowest BCUT2D eigenvalue weighted by molar-refractivity contribution is 0.132. The minimum absolute atomic E-state index is 0.0494. The van der Waals surface area contributed by atoms with Crippen LogP contribution in [-0.2, 0) is 0 Å². The zero-order chi connectivity index (χ0) is 7.72. The number of alkyl halides is 2. The van der Waals surface area contributed by atoms with Crippen molar-refractivity contribution >= 4 is 23.2 Å². The van der Waals surface area contributed by atoms with Crippen molar-refractivity contribution in [2.24, 2.45) is 5.73 Å². The van der Waals surface area contributed by atoms with Gasteiger partial charge >= 0.3 is 0 Å². The Kier molecular flexibility index (Phi) is 2.81. The molecule has 1 aliphatic rings. The van der Waals surface area contributed by atoms with E-state index in [1.165, 1.54) is 0 Å². The van der Waals surface area contributed by atoms with E-state index in [9.17, 15) is 5.11 Å². The Morgan fingerprint density at radius 2 is 1.60 bits per heavy atom. The van der Waals surface area contributed by atoms with E-state index in [0.717, 1.165) is 0 Å². The van der Waals surface area contributed by atoms with Gasteiger partial charge in [0.1, 0.15) is 0 Å². The first kappa shape index (κ1) is 8.60. The van der Waals surface area contributed by atoms with E-state index in [1.54, 1.807) is 0 Å². The van der Waals surface area contributed by atoms with Gasteiger partial charge in [0.2, 0.25) is 0 Å². The first-order chi connectivity index (χ1) is 4.61. The summed E-state index contributed by atoms with van der Waals surface area (Å²) < 4.78 is 0. The molecule has 4 heteroatoms. The van der Waals surface area contributed by atoms with Crippen LogP contribution >= 0.6 is 23.2 Å². The maximum Gasteiger partial charge on any atom is 0.0868 e. The summed E-state index contributed by atoms with van der Waals surface area (Å²) in [5, 5.41) is 8.70. The number of aliphatic hydroxyl groups excluding tert-OH is 1. The molecule has 0 heterocycles. The van der Waals surface area contributed by atoms with Gasteiger partial charge < -0.3 is 10.8 Å². The molecule has 1 rings (SSSR count). The molecule has 2 nitrogen and oxygen atoms in total. The quantitative estimate of drug-likeness (QED) is 0.544. The van der Waals surface area contributed by atoms with Gasteiger partial charge in [0.25, 0.3) is 0 Å². The third-order valence-electron chi connectivity index (χ3n) is 1.80. The van der Waals surface area contributed by atoms with Crippen LogP contribution in [0.5, 0.6) is 0 Å². The average molecular weight is 184 g/mol. The standard InChI is InChI=1S/C6H11Cl2NO/c7-4-1-3(9)2-5(8)6(4)10/h3-6,10H,1-2,9H2. The van der Waals surface area contributed by atoms with E-state index in [2.05, 4.69) is 0 Å². The molecule has 1 saturated carbocycles. The molecule has 0 aromatic rings. The first-order valence-electron chi connectivity index (χ1n) is 3.33. The van der Waals surface area contributed by atoms with Crippen molar-refractivity contribution in [1.29, 1.82) is 0 Å². The van der Waals surface area contributed by atoms with E-state index < -0.39 is 6.10 Å². The monoisotopic (exact) mass is 183 g/mol. The zero-order valence-corrected chi connectivity index (χ0v) is 7.02. The number of hydrogen-bond donors (Lipinski definition) is 2. The molecule has 3 N–H and O–H groups in total. The number of nitrogens with two attached hydrogens (primary N) is 1. The lowest BCUT2D eigenvalue weighted by Crippen LogP contribution is -2.44. The van der Waals surface area contributed by atoms with Gasteiger partial charge in [-0.1, -0.05) is 0 Å². The van der Waals surface area contributed by atoms with Crippen LogP contribution in [0.4, 0.5) is 0 Å². The topological polar surface area (TPSA) is 46.2 Å². The average Bonchev–Trinajstić information content (AvgIpc) is 1.82. The fourth-order valence-corrected chi connectivity index (χ4v) is 2.06. The fourth-order valence-electron chi connectivity index (χ4n) is 1.18.